The van der Waals surface area contributed by atoms with Crippen LogP contribution in [-0.2, 0) is 13.0 Å². The molecule has 0 unspecified atom stereocenters. The average Bonchev–Trinajstić information content (AvgIpc) is 2.52. The lowest BCUT2D eigenvalue weighted by atomic mass is 10.1. The van der Waals surface area contributed by atoms with Crippen molar-refractivity contribution in [2.45, 2.75) is 13.0 Å². The fourth-order valence-corrected chi connectivity index (χ4v) is 2.33. The second-order valence-electron chi connectivity index (χ2n) is 4.73. The number of rotatable bonds is 7. The normalized spacial score (nSPS) is 9.95. The van der Waals surface area contributed by atoms with Crippen molar-refractivity contribution in [3.8, 4) is 11.5 Å². The Labute approximate surface area is 143 Å². The van der Waals surface area contributed by atoms with Gasteiger partial charge in [-0.3, -0.25) is 0 Å². The van der Waals surface area contributed by atoms with Gasteiger partial charge in [0.2, 0.25) is 0 Å². The monoisotopic (exact) mass is 341 g/mol. The highest BCUT2D eigenvalue weighted by Crippen LogP contribution is 2.22. The highest BCUT2D eigenvalue weighted by molar-refractivity contribution is 6.30. The van der Waals surface area contributed by atoms with Gasteiger partial charge in [0.1, 0.15) is 11.5 Å². The molecular weight excluding hydrogens is 321 g/mol. The molecule has 0 aromatic heterocycles. The van der Waals surface area contributed by atoms with Crippen molar-refractivity contribution in [1.82, 2.24) is 5.32 Å². The molecule has 22 heavy (non-hydrogen) atoms. The maximum absolute atomic E-state index is 6.02. The van der Waals surface area contributed by atoms with E-state index in [9.17, 15) is 0 Å². The molecule has 0 radical (unpaired) electrons. The van der Waals surface area contributed by atoms with E-state index in [1.807, 2.05) is 30.3 Å². The molecule has 0 atom stereocenters. The quantitative estimate of drug-likeness (QED) is 0.768. The Kier molecular flexibility index (Phi) is 8.10. The molecule has 0 spiro atoms. The minimum absolute atomic E-state index is 0. The van der Waals surface area contributed by atoms with Crippen molar-refractivity contribution >= 4 is 24.0 Å². The molecule has 0 saturated heterocycles. The van der Waals surface area contributed by atoms with Crippen LogP contribution in [0, 0.1) is 0 Å². The molecule has 0 heterocycles. The fourth-order valence-electron chi connectivity index (χ4n) is 2.13. The molecule has 0 aliphatic carbocycles. The van der Waals surface area contributed by atoms with Gasteiger partial charge in [0.05, 0.1) is 14.2 Å². The number of methoxy groups -OCH3 is 2. The summed E-state index contributed by atoms with van der Waals surface area (Å²) in [6, 6.07) is 13.8. The summed E-state index contributed by atoms with van der Waals surface area (Å²) < 4.78 is 10.5. The zero-order chi connectivity index (χ0) is 15.1. The van der Waals surface area contributed by atoms with Crippen molar-refractivity contribution in [3.05, 3.63) is 58.6 Å². The number of benzene rings is 2. The van der Waals surface area contributed by atoms with Crippen molar-refractivity contribution in [2.75, 3.05) is 20.8 Å². The average molecular weight is 342 g/mol. The zero-order valence-corrected chi connectivity index (χ0v) is 14.3. The van der Waals surface area contributed by atoms with E-state index >= 15 is 0 Å². The van der Waals surface area contributed by atoms with Crippen molar-refractivity contribution in [2.24, 2.45) is 0 Å². The molecule has 0 amide bonds. The van der Waals surface area contributed by atoms with Gasteiger partial charge in [0.15, 0.2) is 0 Å². The first kappa shape index (κ1) is 18.6. The van der Waals surface area contributed by atoms with Crippen LogP contribution in [0.1, 0.15) is 11.1 Å². The molecule has 2 aromatic carbocycles. The van der Waals surface area contributed by atoms with Crippen LogP contribution in [0.3, 0.4) is 0 Å². The van der Waals surface area contributed by atoms with Crippen molar-refractivity contribution < 1.29 is 9.47 Å². The van der Waals surface area contributed by atoms with E-state index in [1.54, 1.807) is 14.2 Å². The molecule has 2 rings (SSSR count). The van der Waals surface area contributed by atoms with Gasteiger partial charge < -0.3 is 14.8 Å². The third-order valence-electron chi connectivity index (χ3n) is 3.31. The number of hydrogen-bond acceptors (Lipinski definition) is 3. The summed E-state index contributed by atoms with van der Waals surface area (Å²) in [5.41, 5.74) is 2.35. The molecule has 0 aliphatic heterocycles. The molecule has 0 fully saturated rings. The van der Waals surface area contributed by atoms with E-state index in [0.29, 0.717) is 0 Å². The SMILES string of the molecule is COc1ccc(CCNCc2cc(Cl)ccc2OC)cc1.Cl. The van der Waals surface area contributed by atoms with Crippen LogP contribution in [0.25, 0.3) is 0 Å². The van der Waals surface area contributed by atoms with E-state index < -0.39 is 0 Å². The molecule has 0 aliphatic rings. The summed E-state index contributed by atoms with van der Waals surface area (Å²) >= 11 is 6.02. The summed E-state index contributed by atoms with van der Waals surface area (Å²) in [7, 11) is 3.35. The lowest BCUT2D eigenvalue weighted by molar-refractivity contribution is 0.408. The number of halogens is 2. The lowest BCUT2D eigenvalue weighted by Crippen LogP contribution is -2.17. The van der Waals surface area contributed by atoms with Gasteiger partial charge in [-0.1, -0.05) is 23.7 Å². The number of nitrogens with one attached hydrogen (secondary N) is 1. The van der Waals surface area contributed by atoms with Crippen LogP contribution in [0.5, 0.6) is 11.5 Å². The highest BCUT2D eigenvalue weighted by atomic mass is 35.5. The zero-order valence-electron chi connectivity index (χ0n) is 12.8. The maximum atomic E-state index is 6.02. The molecule has 5 heteroatoms. The van der Waals surface area contributed by atoms with Gasteiger partial charge in [-0.05, 0) is 48.9 Å². The van der Waals surface area contributed by atoms with Gasteiger partial charge in [0, 0.05) is 17.1 Å². The molecule has 3 nitrogen and oxygen atoms in total. The molecule has 0 saturated carbocycles. The van der Waals surface area contributed by atoms with Crippen LogP contribution in [-0.4, -0.2) is 20.8 Å². The van der Waals surface area contributed by atoms with Crippen LogP contribution >= 0.6 is 24.0 Å². The Morgan fingerprint density at radius 2 is 1.73 bits per heavy atom. The summed E-state index contributed by atoms with van der Waals surface area (Å²) in [5.74, 6) is 1.74. The predicted octanol–water partition coefficient (Wildman–Crippen LogP) is 4.11. The number of ether oxygens (including phenoxy) is 2. The second-order valence-corrected chi connectivity index (χ2v) is 5.17. The summed E-state index contributed by atoms with van der Waals surface area (Å²) in [4.78, 5) is 0. The Morgan fingerprint density at radius 3 is 2.36 bits per heavy atom. The first-order valence-corrected chi connectivity index (χ1v) is 7.27. The van der Waals surface area contributed by atoms with Crippen LogP contribution in [0.4, 0.5) is 0 Å². The van der Waals surface area contributed by atoms with Crippen LogP contribution < -0.4 is 14.8 Å². The minimum Gasteiger partial charge on any atom is -0.497 e. The van der Waals surface area contributed by atoms with Gasteiger partial charge in [-0.25, -0.2) is 0 Å². The Bertz CT molecular complexity index is 573. The first-order valence-electron chi connectivity index (χ1n) is 6.89. The molecule has 0 bridgehead atoms. The Balaban J connectivity index is 0.00000242. The number of hydrogen-bond donors (Lipinski definition) is 1. The van der Waals surface area contributed by atoms with Crippen molar-refractivity contribution in [1.29, 1.82) is 0 Å². The van der Waals surface area contributed by atoms with Gasteiger partial charge in [-0.15, -0.1) is 12.4 Å². The fraction of sp³-hybridized carbons (Fsp3) is 0.294. The minimum atomic E-state index is 0. The smallest absolute Gasteiger partial charge is 0.123 e. The maximum Gasteiger partial charge on any atom is 0.123 e. The Morgan fingerprint density at radius 1 is 1.00 bits per heavy atom. The van der Waals surface area contributed by atoms with Gasteiger partial charge in [0.25, 0.3) is 0 Å². The van der Waals surface area contributed by atoms with E-state index in [0.717, 1.165) is 41.6 Å². The third kappa shape index (κ3) is 5.41. The van der Waals surface area contributed by atoms with Crippen molar-refractivity contribution in [3.63, 3.8) is 0 Å². The van der Waals surface area contributed by atoms with E-state index in [-0.39, 0.29) is 12.4 Å². The van der Waals surface area contributed by atoms with Crippen LogP contribution in [0.2, 0.25) is 5.02 Å². The summed E-state index contributed by atoms with van der Waals surface area (Å²) in [6.07, 6.45) is 0.965. The van der Waals surface area contributed by atoms with Gasteiger partial charge >= 0.3 is 0 Å². The molecule has 2 aromatic rings. The lowest BCUT2D eigenvalue weighted by Gasteiger charge is -2.10. The summed E-state index contributed by atoms with van der Waals surface area (Å²) in [6.45, 7) is 1.63. The predicted molar refractivity (Wildman–Crippen MR) is 93.7 cm³/mol. The van der Waals surface area contributed by atoms with E-state index in [2.05, 4.69) is 17.4 Å². The Hall–Kier alpha value is -1.42. The van der Waals surface area contributed by atoms with E-state index in [1.165, 1.54) is 5.56 Å². The largest absolute Gasteiger partial charge is 0.497 e. The third-order valence-corrected chi connectivity index (χ3v) is 3.54. The molecule has 1 N–H and O–H groups in total. The van der Waals surface area contributed by atoms with E-state index in [4.69, 9.17) is 21.1 Å². The first-order chi connectivity index (χ1) is 10.2. The molecular formula is C17H21Cl2NO2. The highest BCUT2D eigenvalue weighted by Gasteiger charge is 2.03. The summed E-state index contributed by atoms with van der Waals surface area (Å²) in [5, 5.41) is 4.14. The van der Waals surface area contributed by atoms with Crippen LogP contribution in [0.15, 0.2) is 42.5 Å². The topological polar surface area (TPSA) is 30.5 Å². The second kappa shape index (κ2) is 9.57. The standard InChI is InChI=1S/C17H20ClNO2.ClH/c1-20-16-6-3-13(4-7-16)9-10-19-12-14-11-15(18)5-8-17(14)21-2;/h3-8,11,19H,9-10,12H2,1-2H3;1H. The molecule has 120 valence electrons. The van der Waals surface area contributed by atoms with Gasteiger partial charge in [-0.2, -0.15) is 0 Å².